The van der Waals surface area contributed by atoms with Gasteiger partial charge >= 0.3 is 0 Å². The van der Waals surface area contributed by atoms with Gasteiger partial charge in [0, 0.05) is 12.0 Å². The highest BCUT2D eigenvalue weighted by Gasteiger charge is 2.72. The second-order valence-corrected chi connectivity index (χ2v) is 9.20. The molecule has 0 unspecified atom stereocenters. The summed E-state index contributed by atoms with van der Waals surface area (Å²) in [6.45, 7) is 2.01. The van der Waals surface area contributed by atoms with Gasteiger partial charge in [-0.1, -0.05) is 29.8 Å². The fourth-order valence-electron chi connectivity index (χ4n) is 4.60. The van der Waals surface area contributed by atoms with Crippen LogP contribution in [0.1, 0.15) is 36.5 Å². The first-order chi connectivity index (χ1) is 14.5. The number of nitrogens with zero attached hydrogens (tertiary/aromatic N) is 2. The van der Waals surface area contributed by atoms with Crippen LogP contribution in [0.4, 0.5) is 11.5 Å². The molecule has 1 aromatic carbocycles. The van der Waals surface area contributed by atoms with Crippen molar-refractivity contribution in [1.29, 1.82) is 0 Å². The molecule has 0 radical (unpaired) electrons. The highest BCUT2D eigenvalue weighted by Crippen LogP contribution is 2.69. The third-order valence-electron chi connectivity index (χ3n) is 6.24. The molecule has 2 amide bonds. The number of anilines is 2. The number of amides is 2. The molecular weight excluding hydrogens is 398 g/mol. The minimum absolute atomic E-state index is 0.0204. The average molecular weight is 420 g/mol. The van der Waals surface area contributed by atoms with Gasteiger partial charge in [0.25, 0.3) is 5.91 Å². The highest BCUT2D eigenvalue weighted by atomic mass is 32.2. The lowest BCUT2D eigenvalue weighted by Gasteiger charge is -2.67. The van der Waals surface area contributed by atoms with E-state index in [-0.39, 0.29) is 29.4 Å². The smallest absolute Gasteiger partial charge is 0.261 e. The van der Waals surface area contributed by atoms with Gasteiger partial charge < -0.3 is 10.1 Å². The SMILES string of the molecule is CC#CCN1C(=O)c2ccccc2Sc2cc(NC(=O)C34CC(OC)(C3)C4)cnc21. The first-order valence-corrected chi connectivity index (χ1v) is 10.7. The van der Waals surface area contributed by atoms with E-state index in [1.807, 2.05) is 30.3 Å². The fraction of sp³-hybridized carbons (Fsp3) is 0.348. The van der Waals surface area contributed by atoms with Gasteiger partial charge in [-0.05, 0) is 44.4 Å². The van der Waals surface area contributed by atoms with Crippen LogP contribution in [0.5, 0.6) is 0 Å². The number of fused-ring (bicyclic) bond motifs is 2. The van der Waals surface area contributed by atoms with Crippen molar-refractivity contribution in [3.05, 3.63) is 42.1 Å². The molecule has 1 aliphatic heterocycles. The number of pyridine rings is 1. The summed E-state index contributed by atoms with van der Waals surface area (Å²) in [5.74, 6) is 6.27. The monoisotopic (exact) mass is 419 g/mol. The van der Waals surface area contributed by atoms with E-state index in [4.69, 9.17) is 4.74 Å². The van der Waals surface area contributed by atoms with Crippen LogP contribution in [-0.2, 0) is 9.53 Å². The summed E-state index contributed by atoms with van der Waals surface area (Å²) >= 11 is 1.48. The molecule has 4 aliphatic rings. The van der Waals surface area contributed by atoms with Gasteiger partial charge in [-0.2, -0.15) is 0 Å². The quantitative estimate of drug-likeness (QED) is 0.765. The largest absolute Gasteiger partial charge is 0.378 e. The molecule has 2 aromatic rings. The summed E-state index contributed by atoms with van der Waals surface area (Å²) in [5, 5.41) is 3.03. The number of hydrogen-bond donors (Lipinski definition) is 1. The number of hydrogen-bond acceptors (Lipinski definition) is 5. The zero-order valence-corrected chi connectivity index (χ0v) is 17.6. The van der Waals surface area contributed by atoms with Gasteiger partial charge in [0.15, 0.2) is 5.82 Å². The minimum atomic E-state index is -0.304. The molecule has 1 N–H and O–H groups in total. The summed E-state index contributed by atoms with van der Waals surface area (Å²) in [6, 6.07) is 9.40. The number of aromatic nitrogens is 1. The Morgan fingerprint density at radius 2 is 2.07 bits per heavy atom. The molecule has 6 rings (SSSR count). The molecule has 3 saturated carbocycles. The van der Waals surface area contributed by atoms with Crippen molar-refractivity contribution < 1.29 is 14.3 Å². The van der Waals surface area contributed by atoms with Crippen molar-refractivity contribution in [2.75, 3.05) is 23.9 Å². The Morgan fingerprint density at radius 3 is 2.80 bits per heavy atom. The van der Waals surface area contributed by atoms with Crippen LogP contribution in [0, 0.1) is 17.3 Å². The van der Waals surface area contributed by atoms with Crippen molar-refractivity contribution in [1.82, 2.24) is 4.98 Å². The molecule has 1 aromatic heterocycles. The third kappa shape index (κ3) is 2.83. The van der Waals surface area contributed by atoms with E-state index in [1.54, 1.807) is 25.1 Å². The maximum absolute atomic E-state index is 13.1. The van der Waals surface area contributed by atoms with Crippen molar-refractivity contribution in [3.8, 4) is 11.8 Å². The number of rotatable bonds is 4. The molecule has 2 heterocycles. The Kier molecular flexibility index (Phi) is 4.38. The third-order valence-corrected chi connectivity index (χ3v) is 7.34. The van der Waals surface area contributed by atoms with Gasteiger partial charge in [-0.3, -0.25) is 14.5 Å². The molecule has 152 valence electrons. The van der Waals surface area contributed by atoms with Crippen LogP contribution in [0.25, 0.3) is 0 Å². The summed E-state index contributed by atoms with van der Waals surface area (Å²) in [6.07, 6.45) is 3.95. The van der Waals surface area contributed by atoms with E-state index in [0.29, 0.717) is 17.1 Å². The fourth-order valence-corrected chi connectivity index (χ4v) is 5.69. The Balaban J connectivity index is 1.45. The molecule has 2 bridgehead atoms. The molecule has 30 heavy (non-hydrogen) atoms. The first kappa shape index (κ1) is 19.2. The van der Waals surface area contributed by atoms with Crippen molar-refractivity contribution >= 4 is 35.1 Å². The maximum atomic E-state index is 13.1. The summed E-state index contributed by atoms with van der Waals surface area (Å²) in [4.78, 5) is 33.8. The average Bonchev–Trinajstić information content (AvgIpc) is 2.79. The van der Waals surface area contributed by atoms with Gasteiger partial charge in [-0.15, -0.1) is 5.92 Å². The summed E-state index contributed by atoms with van der Waals surface area (Å²) < 4.78 is 5.50. The number of ether oxygens (including phenoxy) is 1. The molecule has 7 heteroatoms. The molecule has 0 atom stereocenters. The lowest BCUT2D eigenvalue weighted by atomic mass is 9.40. The topological polar surface area (TPSA) is 71.5 Å². The molecule has 3 aliphatic carbocycles. The standard InChI is InChI=1S/C23H21N3O3S/c1-3-4-9-26-19-18(30-17-8-6-5-7-16(17)20(26)27)10-15(11-24-19)25-21(28)22-12-23(13-22,14-22)29-2/h5-8,10-11H,9,12-14H2,1-2H3,(H,25,28). The van der Waals surface area contributed by atoms with Crippen LogP contribution in [0.2, 0.25) is 0 Å². The summed E-state index contributed by atoms with van der Waals surface area (Å²) in [7, 11) is 1.71. The van der Waals surface area contributed by atoms with E-state index < -0.39 is 0 Å². The Hall–Kier alpha value is -2.82. The predicted molar refractivity (Wildman–Crippen MR) is 115 cm³/mol. The molecule has 3 fully saturated rings. The van der Waals surface area contributed by atoms with E-state index in [1.165, 1.54) is 11.8 Å². The van der Waals surface area contributed by atoms with Gasteiger partial charge in [-0.25, -0.2) is 4.98 Å². The van der Waals surface area contributed by atoms with Crippen LogP contribution >= 0.6 is 11.8 Å². The zero-order valence-electron chi connectivity index (χ0n) is 16.8. The summed E-state index contributed by atoms with van der Waals surface area (Å²) in [5.41, 5.74) is 0.879. The Morgan fingerprint density at radius 1 is 1.30 bits per heavy atom. The maximum Gasteiger partial charge on any atom is 0.261 e. The van der Waals surface area contributed by atoms with Crippen LogP contribution in [-0.4, -0.2) is 36.1 Å². The van der Waals surface area contributed by atoms with E-state index >= 15 is 0 Å². The molecular formula is C23H21N3O3S. The van der Waals surface area contributed by atoms with Gasteiger partial charge in [0.2, 0.25) is 5.91 Å². The number of carbonyl (C=O) groups is 2. The van der Waals surface area contributed by atoms with E-state index in [0.717, 1.165) is 29.1 Å². The second-order valence-electron chi connectivity index (χ2n) is 8.11. The highest BCUT2D eigenvalue weighted by molar-refractivity contribution is 7.99. The molecule has 0 saturated heterocycles. The lowest BCUT2D eigenvalue weighted by Crippen LogP contribution is -2.72. The van der Waals surface area contributed by atoms with Gasteiger partial charge in [0.05, 0.1) is 39.9 Å². The van der Waals surface area contributed by atoms with Crippen molar-refractivity contribution in [2.45, 2.75) is 41.6 Å². The second kappa shape index (κ2) is 6.86. The normalized spacial score (nSPS) is 25.5. The van der Waals surface area contributed by atoms with Crippen LogP contribution < -0.4 is 10.2 Å². The van der Waals surface area contributed by atoms with E-state index in [2.05, 4.69) is 22.1 Å². The van der Waals surface area contributed by atoms with Crippen LogP contribution in [0.15, 0.2) is 46.3 Å². The lowest BCUT2D eigenvalue weighted by molar-refractivity contribution is -0.260. The Labute approximate surface area is 179 Å². The number of benzene rings is 1. The van der Waals surface area contributed by atoms with Crippen molar-refractivity contribution in [2.24, 2.45) is 5.41 Å². The van der Waals surface area contributed by atoms with E-state index in [9.17, 15) is 9.59 Å². The minimum Gasteiger partial charge on any atom is -0.378 e. The predicted octanol–water partition coefficient (Wildman–Crippen LogP) is 3.72. The Bertz CT molecular complexity index is 1110. The zero-order chi connectivity index (χ0) is 20.9. The number of carbonyl (C=O) groups excluding carboxylic acids is 2. The van der Waals surface area contributed by atoms with Crippen molar-refractivity contribution in [3.63, 3.8) is 0 Å². The van der Waals surface area contributed by atoms with Gasteiger partial charge in [0.1, 0.15) is 0 Å². The van der Waals surface area contributed by atoms with Crippen LogP contribution in [0.3, 0.4) is 0 Å². The first-order valence-electron chi connectivity index (χ1n) is 9.84. The number of nitrogens with one attached hydrogen (secondary N) is 1. The molecule has 0 spiro atoms. The number of methoxy groups -OCH3 is 1. The molecule has 6 nitrogen and oxygen atoms in total.